The van der Waals surface area contributed by atoms with Gasteiger partial charge in [0.2, 0.25) is 11.8 Å². The zero-order valence-electron chi connectivity index (χ0n) is 31.9. The van der Waals surface area contributed by atoms with E-state index in [9.17, 15) is 55.7 Å². The van der Waals surface area contributed by atoms with Gasteiger partial charge in [-0.15, -0.1) is 0 Å². The van der Waals surface area contributed by atoms with Gasteiger partial charge in [-0.1, -0.05) is 6.92 Å². The van der Waals surface area contributed by atoms with Crippen molar-refractivity contribution < 1.29 is 55.7 Å². The van der Waals surface area contributed by atoms with Crippen molar-refractivity contribution in [2.24, 2.45) is 0 Å². The van der Waals surface area contributed by atoms with Crippen molar-refractivity contribution in [3.63, 3.8) is 0 Å². The third-order valence-electron chi connectivity index (χ3n) is 9.24. The summed E-state index contributed by atoms with van der Waals surface area (Å²) in [6, 6.07) is 9.54. The first kappa shape index (κ1) is 42.6. The Morgan fingerprint density at radius 2 is 1.02 bits per heavy atom. The second kappa shape index (κ2) is 17.3. The van der Waals surface area contributed by atoms with Crippen LogP contribution in [0, 0.1) is 48.8 Å². The Bertz CT molecular complexity index is 2620. The molecule has 0 radical (unpaired) electrons. The molecule has 0 fully saturated rings. The Morgan fingerprint density at radius 1 is 0.603 bits per heavy atom. The highest BCUT2D eigenvalue weighted by atomic mass is 19.2. The number of aromatic hydroxyl groups is 2. The van der Waals surface area contributed by atoms with Gasteiger partial charge in [-0.3, -0.25) is 28.3 Å². The largest absolute Gasteiger partial charge is 0.505 e. The number of hydrogen-bond acceptors (Lipinski definition) is 6. The van der Waals surface area contributed by atoms with E-state index in [0.717, 1.165) is 76.2 Å². The normalized spacial score (nSPS) is 11.2. The van der Waals surface area contributed by atoms with Crippen molar-refractivity contribution in [3.05, 3.63) is 129 Å². The number of carbonyl (C=O) groups is 4. The molecular weight excluding hydrogens is 770 g/mol. The molecule has 2 aromatic heterocycles. The summed E-state index contributed by atoms with van der Waals surface area (Å²) < 4.78 is 84.0. The van der Waals surface area contributed by atoms with E-state index in [-0.39, 0.29) is 52.9 Å². The third kappa shape index (κ3) is 8.70. The maximum absolute atomic E-state index is 14.0. The second-order valence-electron chi connectivity index (χ2n) is 13.7. The Morgan fingerprint density at radius 3 is 1.40 bits per heavy atom. The van der Waals surface area contributed by atoms with Crippen LogP contribution in [0.25, 0.3) is 21.8 Å². The first-order valence-electron chi connectivity index (χ1n) is 17.9. The number of amides is 2. The van der Waals surface area contributed by atoms with Gasteiger partial charge in [0.1, 0.15) is 0 Å². The molecule has 0 spiro atoms. The fourth-order valence-electron chi connectivity index (χ4n) is 6.48. The number of carbonyl (C=O) groups excluding carboxylic acids is 4. The smallest absolute Gasteiger partial charge is 0.262 e. The van der Waals surface area contributed by atoms with E-state index in [1.54, 1.807) is 27.7 Å². The number of halogens is 6. The lowest BCUT2D eigenvalue weighted by molar-refractivity contribution is -0.121. The van der Waals surface area contributed by atoms with E-state index in [1.807, 2.05) is 6.92 Å². The molecule has 2 amide bonds. The minimum atomic E-state index is -1.19. The van der Waals surface area contributed by atoms with Gasteiger partial charge in [0.25, 0.3) is 11.8 Å². The van der Waals surface area contributed by atoms with Crippen LogP contribution in [-0.2, 0) is 22.4 Å². The van der Waals surface area contributed by atoms with Gasteiger partial charge >= 0.3 is 0 Å². The highest BCUT2D eigenvalue weighted by Gasteiger charge is 2.26. The van der Waals surface area contributed by atoms with Crippen molar-refractivity contribution in [1.29, 1.82) is 0 Å². The van der Waals surface area contributed by atoms with Gasteiger partial charge in [0, 0.05) is 58.0 Å². The number of rotatable bonds is 9. The molecule has 0 unspecified atom stereocenters. The van der Waals surface area contributed by atoms with Crippen molar-refractivity contribution in [2.75, 3.05) is 6.54 Å². The molecule has 0 bridgehead atoms. The molecule has 16 heteroatoms. The molecule has 0 saturated carbocycles. The van der Waals surface area contributed by atoms with Gasteiger partial charge in [-0.2, -0.15) is 0 Å². The van der Waals surface area contributed by atoms with Gasteiger partial charge in [0.15, 0.2) is 46.4 Å². The van der Waals surface area contributed by atoms with Crippen molar-refractivity contribution in [3.8, 4) is 11.5 Å². The molecule has 4 aromatic carbocycles. The average molecular weight is 809 g/mol. The summed E-state index contributed by atoms with van der Waals surface area (Å²) in [5.41, 5.74) is 1.47. The molecule has 2 heterocycles. The summed E-state index contributed by atoms with van der Waals surface area (Å²) in [6.45, 7) is 9.09. The predicted molar refractivity (Wildman–Crippen MR) is 203 cm³/mol. The maximum atomic E-state index is 14.0. The lowest BCUT2D eigenvalue weighted by atomic mass is 10.1. The van der Waals surface area contributed by atoms with Gasteiger partial charge in [-0.25, -0.2) is 26.3 Å². The predicted octanol–water partition coefficient (Wildman–Crippen LogP) is 7.66. The van der Waals surface area contributed by atoms with E-state index >= 15 is 0 Å². The number of nitrogens with zero attached hydrogens (tertiary/aromatic N) is 2. The summed E-state index contributed by atoms with van der Waals surface area (Å²) in [5, 5.41) is 25.7. The molecule has 304 valence electrons. The molecule has 0 aliphatic rings. The Hall–Kier alpha value is -6.58. The zero-order chi connectivity index (χ0) is 42.7. The van der Waals surface area contributed by atoms with E-state index in [2.05, 4.69) is 10.6 Å². The highest BCUT2D eigenvalue weighted by molar-refractivity contribution is 6.06. The SMILES string of the molecule is CCCNC(=O)Cc1c(C)n(C(=O)c2ccc(F)c(F)c2)c2cc(F)c(O)cc12.Cc1c(CC(=O)NC(C)C)c2cc(O)c(F)cc2n1C(=O)c1ccc(F)c(F)c1. The van der Waals surface area contributed by atoms with Crippen molar-refractivity contribution in [2.45, 2.75) is 59.9 Å². The van der Waals surface area contributed by atoms with Crippen LogP contribution >= 0.6 is 0 Å². The van der Waals surface area contributed by atoms with E-state index in [0.29, 0.717) is 39.8 Å². The number of benzene rings is 4. The maximum Gasteiger partial charge on any atom is 0.262 e. The number of aromatic nitrogens is 2. The molecule has 58 heavy (non-hydrogen) atoms. The minimum Gasteiger partial charge on any atom is -0.505 e. The van der Waals surface area contributed by atoms with Crippen LogP contribution in [0.15, 0.2) is 60.7 Å². The fraction of sp³-hybridized carbons (Fsp3) is 0.238. The van der Waals surface area contributed by atoms with Gasteiger partial charge < -0.3 is 20.8 Å². The quantitative estimate of drug-likeness (QED) is 0.111. The third-order valence-corrected chi connectivity index (χ3v) is 9.24. The Labute approximate surface area is 327 Å². The number of nitrogens with one attached hydrogen (secondary N) is 2. The number of phenolic OH excluding ortho intramolecular Hbond substituents is 2. The summed E-state index contributed by atoms with van der Waals surface area (Å²) in [6.07, 6.45) is 0.544. The van der Waals surface area contributed by atoms with E-state index < -0.39 is 58.2 Å². The summed E-state index contributed by atoms with van der Waals surface area (Å²) in [4.78, 5) is 50.5. The molecule has 6 aromatic rings. The lowest BCUT2D eigenvalue weighted by Crippen LogP contribution is -2.31. The van der Waals surface area contributed by atoms with Crippen molar-refractivity contribution in [1.82, 2.24) is 19.8 Å². The monoisotopic (exact) mass is 808 g/mol. The van der Waals surface area contributed by atoms with Crippen LogP contribution in [-0.4, -0.2) is 55.6 Å². The zero-order valence-corrected chi connectivity index (χ0v) is 31.9. The first-order chi connectivity index (χ1) is 27.3. The summed E-state index contributed by atoms with van der Waals surface area (Å²) in [5.74, 6) is -9.75. The lowest BCUT2D eigenvalue weighted by Gasteiger charge is -2.10. The van der Waals surface area contributed by atoms with Crippen LogP contribution in [0.2, 0.25) is 0 Å². The number of hydrogen-bond donors (Lipinski definition) is 4. The van der Waals surface area contributed by atoms with Crippen LogP contribution in [0.1, 0.15) is 70.4 Å². The standard InChI is InChI=1S/2C21H19F3N2O3/c1-10(2)25-20(28)8-13-11(3)26(18-9-17(24)19(27)7-14(13)18)21(29)12-4-5-15(22)16(23)6-12;1-3-6-25-20(28)9-13-11(2)26(18-10-17(24)19(27)8-14(13)18)21(29)12-4-5-15(22)16(23)7-12/h4-7,9-10,27H,8H2,1-3H3,(H,25,28);4-5,7-8,10,27H,3,6,9H2,1-2H3,(H,25,28). The first-order valence-corrected chi connectivity index (χ1v) is 17.9. The molecule has 0 aliphatic heterocycles. The van der Waals surface area contributed by atoms with Crippen molar-refractivity contribution >= 4 is 45.4 Å². The van der Waals surface area contributed by atoms with Crippen LogP contribution in [0.3, 0.4) is 0 Å². The fourth-order valence-corrected chi connectivity index (χ4v) is 6.48. The van der Waals surface area contributed by atoms with Gasteiger partial charge in [-0.05, 0) is 93.8 Å². The van der Waals surface area contributed by atoms with E-state index in [1.165, 1.54) is 0 Å². The summed E-state index contributed by atoms with van der Waals surface area (Å²) >= 11 is 0. The molecule has 6 rings (SSSR count). The van der Waals surface area contributed by atoms with E-state index in [4.69, 9.17) is 0 Å². The van der Waals surface area contributed by atoms with Gasteiger partial charge in [0.05, 0.1) is 23.9 Å². The average Bonchev–Trinajstić information content (AvgIpc) is 3.56. The number of fused-ring (bicyclic) bond motifs is 2. The number of phenols is 2. The second-order valence-corrected chi connectivity index (χ2v) is 13.7. The topological polar surface area (TPSA) is 143 Å². The molecular formula is C42H38F6N4O6. The molecule has 0 saturated heterocycles. The van der Waals surface area contributed by atoms with Crippen LogP contribution in [0.5, 0.6) is 11.5 Å². The molecule has 0 aliphatic carbocycles. The minimum absolute atomic E-state index is 0.0918. The molecule has 10 nitrogen and oxygen atoms in total. The highest BCUT2D eigenvalue weighted by Crippen LogP contribution is 2.34. The van der Waals surface area contributed by atoms with Crippen LogP contribution in [0.4, 0.5) is 26.3 Å². The molecule has 4 N–H and O–H groups in total. The van der Waals surface area contributed by atoms with Crippen LogP contribution < -0.4 is 10.6 Å². The Kier molecular flexibility index (Phi) is 12.7. The molecule has 0 atom stereocenters. The summed E-state index contributed by atoms with van der Waals surface area (Å²) in [7, 11) is 0. The Balaban J connectivity index is 0.000000221.